The van der Waals surface area contributed by atoms with Crippen molar-refractivity contribution in [1.82, 2.24) is 15.0 Å². The van der Waals surface area contributed by atoms with Gasteiger partial charge >= 0.3 is 5.97 Å². The number of aromatic nitrogens is 3. The number of rotatable bonds is 7. The van der Waals surface area contributed by atoms with Gasteiger partial charge in [0.1, 0.15) is 11.7 Å². The number of hydrogen-bond donors (Lipinski definition) is 0. The van der Waals surface area contributed by atoms with E-state index in [1.807, 2.05) is 0 Å². The number of hydrogen-bond acceptors (Lipinski definition) is 6. The van der Waals surface area contributed by atoms with Crippen molar-refractivity contribution < 1.29 is 19.0 Å². The lowest BCUT2D eigenvalue weighted by molar-refractivity contribution is 0.0601. The summed E-state index contributed by atoms with van der Waals surface area (Å²) in [6, 6.07) is 4.76. The molecular weight excluding hydrogens is 322 g/mol. The van der Waals surface area contributed by atoms with E-state index in [0.717, 1.165) is 0 Å². The third-order valence-electron chi connectivity index (χ3n) is 3.27. The Morgan fingerprint density at radius 1 is 1.26 bits per heavy atom. The summed E-state index contributed by atoms with van der Waals surface area (Å²) in [5.41, 5.74) is 1.45. The molecular formula is C15H18ClN3O4. The average Bonchev–Trinajstić information content (AvgIpc) is 3.03. The number of esters is 1. The average molecular weight is 340 g/mol. The van der Waals surface area contributed by atoms with E-state index in [-0.39, 0.29) is 6.04 Å². The molecule has 0 spiro atoms. The molecule has 2 aromatic rings. The number of carbonyl (C=O) groups is 1. The molecule has 1 heterocycles. The third-order valence-corrected chi connectivity index (χ3v) is 3.50. The minimum absolute atomic E-state index is 0.119. The lowest BCUT2D eigenvalue weighted by Gasteiger charge is -2.14. The van der Waals surface area contributed by atoms with E-state index in [2.05, 4.69) is 10.3 Å². The van der Waals surface area contributed by atoms with Gasteiger partial charge in [0.05, 0.1) is 32.1 Å². The van der Waals surface area contributed by atoms with Gasteiger partial charge in [0.25, 0.3) is 0 Å². The van der Waals surface area contributed by atoms with E-state index in [4.69, 9.17) is 25.8 Å². The first-order valence-electron chi connectivity index (χ1n) is 6.88. The van der Waals surface area contributed by atoms with Gasteiger partial charge in [-0.15, -0.1) is 5.10 Å². The van der Waals surface area contributed by atoms with E-state index in [1.165, 1.54) is 7.11 Å². The van der Waals surface area contributed by atoms with Crippen molar-refractivity contribution in [2.75, 3.05) is 34.5 Å². The molecule has 0 bridgehead atoms. The monoisotopic (exact) mass is 339 g/mol. The van der Waals surface area contributed by atoms with Crippen molar-refractivity contribution >= 4 is 17.6 Å². The van der Waals surface area contributed by atoms with Crippen LogP contribution in [0.15, 0.2) is 24.4 Å². The van der Waals surface area contributed by atoms with Crippen molar-refractivity contribution in [3.63, 3.8) is 0 Å². The molecule has 0 saturated carbocycles. The van der Waals surface area contributed by atoms with Gasteiger partial charge < -0.3 is 14.2 Å². The van der Waals surface area contributed by atoms with Crippen LogP contribution >= 0.6 is 11.6 Å². The minimum atomic E-state index is -0.462. The maximum atomic E-state index is 11.9. The summed E-state index contributed by atoms with van der Waals surface area (Å²) >= 11 is 6.04. The molecule has 0 saturated heterocycles. The van der Waals surface area contributed by atoms with E-state index in [9.17, 15) is 4.79 Å². The summed E-state index contributed by atoms with van der Waals surface area (Å²) in [6.45, 7) is 0.853. The Balaban J connectivity index is 2.40. The highest BCUT2D eigenvalue weighted by Gasteiger charge is 2.19. The summed E-state index contributed by atoms with van der Waals surface area (Å²) in [7, 11) is 4.53. The number of methoxy groups -OCH3 is 3. The molecule has 1 aromatic heterocycles. The Hall–Kier alpha value is -1.96. The van der Waals surface area contributed by atoms with Crippen LogP contribution in [0.2, 0.25) is 5.02 Å². The van der Waals surface area contributed by atoms with Crippen molar-refractivity contribution in [2.45, 2.75) is 6.04 Å². The minimum Gasteiger partial charge on any atom is -0.465 e. The molecule has 23 heavy (non-hydrogen) atoms. The van der Waals surface area contributed by atoms with Gasteiger partial charge in [0, 0.05) is 24.8 Å². The summed E-state index contributed by atoms with van der Waals surface area (Å²) in [6.07, 6.45) is 1.72. The smallest absolute Gasteiger partial charge is 0.338 e. The van der Waals surface area contributed by atoms with Gasteiger partial charge in [0.2, 0.25) is 0 Å². The molecule has 0 fully saturated rings. The van der Waals surface area contributed by atoms with Gasteiger partial charge in [0.15, 0.2) is 0 Å². The fourth-order valence-corrected chi connectivity index (χ4v) is 2.35. The van der Waals surface area contributed by atoms with Gasteiger partial charge in [-0.25, -0.2) is 9.48 Å². The number of benzene rings is 1. The standard InChI is InChI=1S/C15H18ClN3O4/c1-21-8-11(9-22-2)19-7-14(17-18-19)13-6-10(16)4-5-12(13)15(20)23-3/h4-7,11H,8-9H2,1-3H3. The number of carbonyl (C=O) groups excluding carboxylic acids is 1. The lowest BCUT2D eigenvalue weighted by atomic mass is 10.1. The Morgan fingerprint density at radius 2 is 1.96 bits per heavy atom. The predicted molar refractivity (Wildman–Crippen MR) is 84.6 cm³/mol. The predicted octanol–water partition coefficient (Wildman–Crippen LogP) is 2.22. The fourth-order valence-electron chi connectivity index (χ4n) is 2.18. The SMILES string of the molecule is COCC(COC)n1cc(-c2cc(Cl)ccc2C(=O)OC)nn1. The van der Waals surface area contributed by atoms with Crippen LogP contribution < -0.4 is 0 Å². The second-order valence-corrected chi connectivity index (χ2v) is 5.27. The summed E-state index contributed by atoms with van der Waals surface area (Å²) < 4.78 is 16.8. The van der Waals surface area contributed by atoms with Crippen LogP contribution in [0.4, 0.5) is 0 Å². The van der Waals surface area contributed by atoms with Gasteiger partial charge in [-0.1, -0.05) is 16.8 Å². The van der Waals surface area contributed by atoms with Crippen molar-refractivity contribution in [1.29, 1.82) is 0 Å². The van der Waals surface area contributed by atoms with Crippen LogP contribution in [0.3, 0.4) is 0 Å². The fraction of sp³-hybridized carbons (Fsp3) is 0.400. The maximum Gasteiger partial charge on any atom is 0.338 e. The third kappa shape index (κ3) is 4.07. The molecule has 0 amide bonds. The zero-order chi connectivity index (χ0) is 16.8. The number of halogens is 1. The normalized spacial score (nSPS) is 11.0. The molecule has 0 radical (unpaired) electrons. The molecule has 0 atom stereocenters. The molecule has 2 rings (SSSR count). The molecule has 7 nitrogen and oxygen atoms in total. The Kier molecular flexibility index (Phi) is 6.09. The van der Waals surface area contributed by atoms with Gasteiger partial charge in [-0.3, -0.25) is 0 Å². The highest BCUT2D eigenvalue weighted by molar-refractivity contribution is 6.31. The van der Waals surface area contributed by atoms with Gasteiger partial charge in [-0.2, -0.15) is 0 Å². The Bertz CT molecular complexity index is 668. The Morgan fingerprint density at radius 3 is 2.57 bits per heavy atom. The number of nitrogens with zero attached hydrogens (tertiary/aromatic N) is 3. The second-order valence-electron chi connectivity index (χ2n) is 4.83. The zero-order valence-electron chi connectivity index (χ0n) is 13.2. The van der Waals surface area contributed by atoms with E-state index < -0.39 is 5.97 Å². The summed E-state index contributed by atoms with van der Waals surface area (Å²) in [5.74, 6) is -0.462. The largest absolute Gasteiger partial charge is 0.465 e. The lowest BCUT2D eigenvalue weighted by Crippen LogP contribution is -2.20. The molecule has 0 unspecified atom stereocenters. The molecule has 1 aromatic carbocycles. The van der Waals surface area contributed by atoms with E-state index in [0.29, 0.717) is 35.1 Å². The van der Waals surface area contributed by atoms with Crippen LogP contribution in [0.1, 0.15) is 16.4 Å². The zero-order valence-corrected chi connectivity index (χ0v) is 13.9. The first-order valence-corrected chi connectivity index (χ1v) is 7.26. The van der Waals surface area contributed by atoms with Crippen LogP contribution in [0.5, 0.6) is 0 Å². The molecule has 0 aliphatic rings. The molecule has 124 valence electrons. The first-order chi connectivity index (χ1) is 11.1. The van der Waals surface area contributed by atoms with Crippen LogP contribution in [-0.4, -0.2) is 55.5 Å². The van der Waals surface area contributed by atoms with Crippen LogP contribution in [0.25, 0.3) is 11.3 Å². The molecule has 8 heteroatoms. The second kappa shape index (κ2) is 8.05. The van der Waals surface area contributed by atoms with Gasteiger partial charge in [-0.05, 0) is 18.2 Å². The van der Waals surface area contributed by atoms with E-state index in [1.54, 1.807) is 43.3 Å². The quantitative estimate of drug-likeness (QED) is 0.720. The van der Waals surface area contributed by atoms with Crippen LogP contribution in [-0.2, 0) is 14.2 Å². The van der Waals surface area contributed by atoms with Crippen molar-refractivity contribution in [3.8, 4) is 11.3 Å². The molecule has 0 aliphatic carbocycles. The van der Waals surface area contributed by atoms with E-state index >= 15 is 0 Å². The van der Waals surface area contributed by atoms with Crippen molar-refractivity contribution in [2.24, 2.45) is 0 Å². The number of ether oxygens (including phenoxy) is 3. The van der Waals surface area contributed by atoms with Crippen molar-refractivity contribution in [3.05, 3.63) is 35.0 Å². The van der Waals surface area contributed by atoms with Crippen LogP contribution in [0, 0.1) is 0 Å². The Labute approximate surface area is 139 Å². The highest BCUT2D eigenvalue weighted by atomic mass is 35.5. The summed E-state index contributed by atoms with van der Waals surface area (Å²) in [5, 5.41) is 8.72. The highest BCUT2D eigenvalue weighted by Crippen LogP contribution is 2.26. The molecule has 0 N–H and O–H groups in total. The first kappa shape index (κ1) is 17.4. The summed E-state index contributed by atoms with van der Waals surface area (Å²) in [4.78, 5) is 11.9. The molecule has 0 aliphatic heterocycles. The topological polar surface area (TPSA) is 75.5 Å². The maximum absolute atomic E-state index is 11.9.